The van der Waals surface area contributed by atoms with Crippen LogP contribution in [0.3, 0.4) is 0 Å². The van der Waals surface area contributed by atoms with Crippen molar-refractivity contribution >= 4 is 65.7 Å². The fourth-order valence-electron chi connectivity index (χ4n) is 12.3. The number of aromatic amines is 6. The number of hydrogen-bond donors (Lipinski definition) is 6. The van der Waals surface area contributed by atoms with E-state index in [-0.39, 0.29) is 38.3 Å². The molecule has 6 aromatic heterocycles. The summed E-state index contributed by atoms with van der Waals surface area (Å²) >= 11 is 0. The van der Waals surface area contributed by atoms with Crippen molar-refractivity contribution in [2.75, 3.05) is 0 Å². The second-order valence-electron chi connectivity index (χ2n) is 28.9. The first-order valence-corrected chi connectivity index (χ1v) is 29.6. The number of hydrogen-bond acceptors (Lipinski definition) is 7. The van der Waals surface area contributed by atoms with Crippen molar-refractivity contribution in [1.29, 1.82) is 0 Å². The smallest absolute Gasteiger partial charge is 0.129 e. The molecule has 6 N–H and O–H groups in total. The Morgan fingerprint density at radius 2 is 0.800 bits per heavy atom. The van der Waals surface area contributed by atoms with Crippen molar-refractivity contribution in [3.8, 4) is 0 Å². The summed E-state index contributed by atoms with van der Waals surface area (Å²) in [6.07, 6.45) is 7.27. The molecule has 0 bridgehead atoms. The van der Waals surface area contributed by atoms with Gasteiger partial charge < -0.3 is 4.98 Å². The van der Waals surface area contributed by atoms with Crippen LogP contribution in [0.15, 0.2) is 97.7 Å². The maximum atomic E-state index is 13.6. The van der Waals surface area contributed by atoms with Crippen LogP contribution < -0.4 is 0 Å². The molecule has 85 heavy (non-hydrogen) atoms. The van der Waals surface area contributed by atoms with Crippen LogP contribution >= 0.6 is 0 Å². The third-order valence-electron chi connectivity index (χ3n) is 15.3. The van der Waals surface area contributed by atoms with E-state index in [4.69, 9.17) is 0 Å². The number of imidazole rings is 1. The number of H-pyrrole nitrogens is 6. The first-order valence-electron chi connectivity index (χ1n) is 29.6. The number of rotatable bonds is 0. The lowest BCUT2D eigenvalue weighted by atomic mass is 9.81. The molecule has 6 heterocycles. The van der Waals surface area contributed by atoms with Gasteiger partial charge in [-0.1, -0.05) is 161 Å². The van der Waals surface area contributed by atoms with E-state index in [2.05, 4.69) is 266 Å². The predicted molar refractivity (Wildman–Crippen MR) is 355 cm³/mol. The van der Waals surface area contributed by atoms with Crippen LogP contribution in [0.4, 0.5) is 4.39 Å². The van der Waals surface area contributed by atoms with Gasteiger partial charge in [-0.05, 0) is 166 Å². The minimum absolute atomic E-state index is 0.112. The lowest BCUT2D eigenvalue weighted by Gasteiger charge is -2.23. The van der Waals surface area contributed by atoms with E-state index in [0.29, 0.717) is 5.56 Å². The molecule has 0 saturated heterocycles. The van der Waals surface area contributed by atoms with Gasteiger partial charge in [0, 0.05) is 32.8 Å². The van der Waals surface area contributed by atoms with Crippen molar-refractivity contribution in [3.63, 3.8) is 0 Å². The molecule has 450 valence electrons. The van der Waals surface area contributed by atoms with Crippen LogP contribution in [0.5, 0.6) is 0 Å². The Hall–Kier alpha value is -8.00. The zero-order valence-corrected chi connectivity index (χ0v) is 55.2. The Morgan fingerprint density at radius 1 is 0.365 bits per heavy atom. The van der Waals surface area contributed by atoms with E-state index in [9.17, 15) is 4.39 Å². The van der Waals surface area contributed by atoms with E-state index in [1.165, 1.54) is 89.1 Å². The molecule has 12 aromatic rings. The average Bonchev–Trinajstić information content (AvgIpc) is 3.02. The van der Waals surface area contributed by atoms with Crippen molar-refractivity contribution in [2.45, 2.75) is 199 Å². The van der Waals surface area contributed by atoms with Crippen molar-refractivity contribution in [2.24, 2.45) is 0 Å². The van der Waals surface area contributed by atoms with Gasteiger partial charge in [-0.25, -0.2) is 9.37 Å². The Labute approximate surface area is 503 Å². The third-order valence-corrected chi connectivity index (χ3v) is 15.3. The summed E-state index contributed by atoms with van der Waals surface area (Å²) in [6.45, 7) is 52.2. The quantitative estimate of drug-likeness (QED) is 0.0872. The molecule has 0 aliphatic heterocycles. The van der Waals surface area contributed by atoms with E-state index in [1.54, 1.807) is 18.6 Å². The second-order valence-corrected chi connectivity index (χ2v) is 28.9. The first kappa shape index (κ1) is 64.6. The summed E-state index contributed by atoms with van der Waals surface area (Å²) < 4.78 is 13.6. The van der Waals surface area contributed by atoms with Gasteiger partial charge in [0.1, 0.15) is 16.9 Å². The van der Waals surface area contributed by atoms with Crippen LogP contribution in [0.1, 0.15) is 192 Å². The molecule has 0 spiro atoms. The van der Waals surface area contributed by atoms with Crippen LogP contribution in [0.2, 0.25) is 0 Å². The largest absolute Gasteiger partial charge is 0.345 e. The van der Waals surface area contributed by atoms with Gasteiger partial charge in [-0.2, -0.15) is 35.8 Å². The lowest BCUT2D eigenvalue weighted by Crippen LogP contribution is -2.14. The molecule has 0 fully saturated rings. The Balaban J connectivity index is 0.000000146. The number of nitrogens with zero attached hydrogens (tertiary/aromatic N) is 7. The number of nitrogens with one attached hydrogen (secondary N) is 6. The normalized spacial score (nSPS) is 12.3. The van der Waals surface area contributed by atoms with E-state index in [0.717, 1.165) is 44.0 Å². The molecular weight excluding hydrogens is 1050 g/mol. The van der Waals surface area contributed by atoms with Crippen molar-refractivity contribution < 1.29 is 4.39 Å². The molecule has 12 rings (SSSR count). The highest BCUT2D eigenvalue weighted by molar-refractivity contribution is 5.88. The fraction of sp³-hybridized carbons (Fsp3) is 0.423. The Bertz CT molecular complexity index is 3700. The Morgan fingerprint density at radius 3 is 1.35 bits per heavy atom. The second kappa shape index (κ2) is 24.5. The Kier molecular flexibility index (Phi) is 18.6. The van der Waals surface area contributed by atoms with Crippen molar-refractivity contribution in [1.82, 2.24) is 66.2 Å². The molecule has 13 nitrogen and oxygen atoms in total. The summed E-state index contributed by atoms with van der Waals surface area (Å²) in [5.74, 6) is -0.172. The summed E-state index contributed by atoms with van der Waals surface area (Å²) in [6, 6.07) is 24.4. The van der Waals surface area contributed by atoms with Crippen molar-refractivity contribution in [3.05, 3.63) is 170 Å². The summed E-state index contributed by atoms with van der Waals surface area (Å²) in [4.78, 5) is 7.54. The van der Waals surface area contributed by atoms with E-state index in [1.807, 2.05) is 39.2 Å². The lowest BCUT2D eigenvalue weighted by molar-refractivity contribution is 0.527. The molecule has 0 unspecified atom stereocenters. The zero-order chi connectivity index (χ0) is 62.9. The molecular formula is C71H94FN13. The van der Waals surface area contributed by atoms with Gasteiger partial charge in [0.05, 0.1) is 58.0 Å². The molecule has 0 aliphatic carbocycles. The van der Waals surface area contributed by atoms with Gasteiger partial charge >= 0.3 is 0 Å². The average molecular weight is 1150 g/mol. The number of benzene rings is 6. The molecule has 0 saturated carbocycles. The SMILES string of the molecule is CC(C)(C)c1c(F)ccc2cn[nH]c12.Cc1ccc2[nH]cnc2c1C(C)(C)C.Cc1ccc2[nH]ncc2c1C(C)(C)C.Cc1ccc2cn[nH]c2c1C(C)(C)C.Cc1ccc2n[nH]c(C)c2c1C(C)(C)C.Cc1ccc2n[nH]nc2c1C(C)(C)C. The molecule has 14 heteroatoms. The first-order chi connectivity index (χ1) is 39.4. The van der Waals surface area contributed by atoms with E-state index < -0.39 is 0 Å². The maximum Gasteiger partial charge on any atom is 0.129 e. The summed E-state index contributed by atoms with van der Waals surface area (Å²) in [7, 11) is 0. The van der Waals surface area contributed by atoms with Gasteiger partial charge in [0.15, 0.2) is 0 Å². The summed E-state index contributed by atoms with van der Waals surface area (Å²) in [5.41, 5.74) is 24.2. The summed E-state index contributed by atoms with van der Waals surface area (Å²) in [5, 5.41) is 44.1. The minimum Gasteiger partial charge on any atom is -0.345 e. The van der Waals surface area contributed by atoms with E-state index >= 15 is 0 Å². The van der Waals surface area contributed by atoms with Crippen LogP contribution in [-0.2, 0) is 32.5 Å². The minimum atomic E-state index is -0.212. The molecule has 0 atom stereocenters. The predicted octanol–water partition coefficient (Wildman–Crippen LogP) is 18.5. The zero-order valence-electron chi connectivity index (χ0n) is 55.2. The van der Waals surface area contributed by atoms with Gasteiger partial charge in [-0.15, -0.1) is 0 Å². The monoisotopic (exact) mass is 1150 g/mol. The molecule has 0 aliphatic rings. The maximum absolute atomic E-state index is 13.6. The standard InChI is InChI=1S/C13H18N2.3C12H16N2.C11H13FN2.C11H15N3/c1-8-6-7-10-11(9(2)14-15-10)12(8)13(3,4)5;1-8-5-6-10-9(7-13-14-10)11(8)12(2,3)4;1-8-5-6-9-11(14-7-13-9)10(8)12(2,3)4;1-8-5-6-9-7-13-14-11(9)10(8)12(2,3)4;1-11(2,3)9-8(12)5-4-7-6-13-14-10(7)9;1-7-5-6-8-10(13-14-12-8)9(7)11(2,3)4/h6-7H,1-5H3,(H,14,15);3*5-7H,1-4H3,(H,13,14);4-6H,1-3H3,(H,13,14);5-6H,1-4H3,(H,12,13,14). The van der Waals surface area contributed by atoms with Gasteiger partial charge in [0.25, 0.3) is 0 Å². The van der Waals surface area contributed by atoms with Gasteiger partial charge in [-0.3, -0.25) is 20.4 Å². The highest BCUT2D eigenvalue weighted by atomic mass is 19.1. The number of aromatic nitrogens is 13. The van der Waals surface area contributed by atoms with Crippen LogP contribution in [0, 0.1) is 47.4 Å². The topological polar surface area (TPSA) is 185 Å². The van der Waals surface area contributed by atoms with Gasteiger partial charge in [0.2, 0.25) is 0 Å². The highest BCUT2D eigenvalue weighted by Crippen LogP contribution is 2.37. The molecule has 0 amide bonds. The number of fused-ring (bicyclic) bond motifs is 6. The number of aryl methyl sites for hydroxylation is 6. The fourth-order valence-corrected chi connectivity index (χ4v) is 12.3. The highest BCUT2D eigenvalue weighted by Gasteiger charge is 2.26. The number of halogens is 1. The van der Waals surface area contributed by atoms with Crippen LogP contribution in [0.25, 0.3) is 65.7 Å². The molecule has 0 radical (unpaired) electrons. The third kappa shape index (κ3) is 14.6. The van der Waals surface area contributed by atoms with Crippen LogP contribution in [-0.4, -0.2) is 66.2 Å². The molecule has 6 aromatic carbocycles.